The highest BCUT2D eigenvalue weighted by atomic mass is 32.2. The highest BCUT2D eigenvalue weighted by molar-refractivity contribution is 7.89. The van der Waals surface area contributed by atoms with Gasteiger partial charge in [0.05, 0.1) is 24.2 Å². The van der Waals surface area contributed by atoms with E-state index < -0.39 is 21.5 Å². The second-order valence-corrected chi connectivity index (χ2v) is 7.29. The van der Waals surface area contributed by atoms with Gasteiger partial charge in [0.15, 0.2) is 0 Å². The van der Waals surface area contributed by atoms with E-state index in [0.29, 0.717) is 5.69 Å². The van der Waals surface area contributed by atoms with E-state index >= 15 is 0 Å². The highest BCUT2D eigenvalue weighted by Crippen LogP contribution is 2.24. The molecule has 0 aliphatic heterocycles. The minimum absolute atomic E-state index is 0.0166. The smallest absolute Gasteiger partial charge is 0.241 e. The number of rotatable bonds is 5. The van der Waals surface area contributed by atoms with Gasteiger partial charge in [-0.3, -0.25) is 4.79 Å². The third-order valence-corrected chi connectivity index (χ3v) is 3.85. The summed E-state index contributed by atoms with van der Waals surface area (Å²) in [5.41, 5.74) is 5.54. The lowest BCUT2D eigenvalue weighted by molar-refractivity contribution is -0.121. The van der Waals surface area contributed by atoms with Crippen molar-refractivity contribution in [3.63, 3.8) is 0 Å². The average molecular weight is 315 g/mol. The Kier molecular flexibility index (Phi) is 5.19. The number of ether oxygens (including phenoxy) is 1. The number of benzene rings is 1. The zero-order valence-corrected chi connectivity index (χ0v) is 13.4. The van der Waals surface area contributed by atoms with E-state index in [2.05, 4.69) is 10.0 Å². The van der Waals surface area contributed by atoms with Crippen LogP contribution >= 0.6 is 0 Å². The van der Waals surface area contributed by atoms with Crippen LogP contribution in [-0.4, -0.2) is 33.5 Å². The number of carbonyl (C=O) groups is 1. The monoisotopic (exact) mass is 315 g/mol. The Balaban J connectivity index is 2.81. The predicted molar refractivity (Wildman–Crippen MR) is 80.5 cm³/mol. The molecule has 0 saturated heterocycles. The normalized spacial score (nSPS) is 12.0. The Morgan fingerprint density at radius 3 is 2.48 bits per heavy atom. The quantitative estimate of drug-likeness (QED) is 0.684. The first-order chi connectivity index (χ1) is 9.55. The topological polar surface area (TPSA) is 111 Å². The molecule has 7 nitrogen and oxygen atoms in total. The molecule has 0 aliphatic rings. The van der Waals surface area contributed by atoms with E-state index in [1.165, 1.54) is 25.3 Å². The molecule has 21 heavy (non-hydrogen) atoms. The minimum Gasteiger partial charge on any atom is -0.495 e. The van der Waals surface area contributed by atoms with Gasteiger partial charge in [0.2, 0.25) is 15.9 Å². The minimum atomic E-state index is -3.81. The standard InChI is InChI=1S/C13H21N3O4S/c1-13(2,3)16-12(17)8-15-21(18,19)9-5-6-10(14)11(7-9)20-4/h5-7,15H,8,14H2,1-4H3,(H,16,17). The lowest BCUT2D eigenvalue weighted by atomic mass is 10.1. The van der Waals surface area contributed by atoms with Crippen molar-refractivity contribution >= 4 is 21.6 Å². The van der Waals surface area contributed by atoms with Crippen molar-refractivity contribution in [1.82, 2.24) is 10.0 Å². The summed E-state index contributed by atoms with van der Waals surface area (Å²) in [6, 6.07) is 4.09. The van der Waals surface area contributed by atoms with Crippen LogP contribution < -0.4 is 20.5 Å². The number of nitrogen functional groups attached to an aromatic ring is 1. The maximum Gasteiger partial charge on any atom is 0.241 e. The van der Waals surface area contributed by atoms with Gasteiger partial charge in [-0.05, 0) is 32.9 Å². The Morgan fingerprint density at radius 1 is 1.33 bits per heavy atom. The Morgan fingerprint density at radius 2 is 1.95 bits per heavy atom. The summed E-state index contributed by atoms with van der Waals surface area (Å²) < 4.78 is 31.4. The van der Waals surface area contributed by atoms with Crippen molar-refractivity contribution in [3.8, 4) is 5.75 Å². The molecule has 0 aromatic heterocycles. The highest BCUT2D eigenvalue weighted by Gasteiger charge is 2.19. The fourth-order valence-electron chi connectivity index (χ4n) is 1.56. The van der Waals surface area contributed by atoms with E-state index in [-0.39, 0.29) is 17.2 Å². The van der Waals surface area contributed by atoms with Gasteiger partial charge >= 0.3 is 0 Å². The van der Waals surface area contributed by atoms with E-state index in [9.17, 15) is 13.2 Å². The van der Waals surface area contributed by atoms with E-state index in [1.807, 2.05) is 20.8 Å². The Bertz CT molecular complexity index is 621. The predicted octanol–water partition coefficient (Wildman–Crippen LogP) is 0.470. The molecule has 1 aromatic carbocycles. The van der Waals surface area contributed by atoms with Crippen LogP contribution in [0.4, 0.5) is 5.69 Å². The number of methoxy groups -OCH3 is 1. The lowest BCUT2D eigenvalue weighted by Gasteiger charge is -2.20. The largest absolute Gasteiger partial charge is 0.495 e. The van der Waals surface area contributed by atoms with Gasteiger partial charge in [-0.25, -0.2) is 13.1 Å². The first-order valence-electron chi connectivity index (χ1n) is 6.29. The molecule has 0 fully saturated rings. The summed E-state index contributed by atoms with van der Waals surface area (Å²) in [5, 5.41) is 2.66. The first-order valence-corrected chi connectivity index (χ1v) is 7.78. The number of nitrogens with two attached hydrogens (primary N) is 1. The summed E-state index contributed by atoms with van der Waals surface area (Å²) in [6.45, 7) is 5.09. The zero-order chi connectivity index (χ0) is 16.3. The summed E-state index contributed by atoms with van der Waals surface area (Å²) in [5.74, 6) is -0.148. The summed E-state index contributed by atoms with van der Waals surface area (Å²) >= 11 is 0. The number of anilines is 1. The van der Waals surface area contributed by atoms with Crippen LogP contribution in [-0.2, 0) is 14.8 Å². The number of hydrogen-bond donors (Lipinski definition) is 3. The van der Waals surface area contributed by atoms with Crippen molar-refractivity contribution in [1.29, 1.82) is 0 Å². The third-order valence-electron chi connectivity index (χ3n) is 2.45. The fraction of sp³-hybridized carbons (Fsp3) is 0.462. The van der Waals surface area contributed by atoms with Crippen LogP contribution in [0.15, 0.2) is 23.1 Å². The second kappa shape index (κ2) is 6.31. The van der Waals surface area contributed by atoms with E-state index in [4.69, 9.17) is 10.5 Å². The van der Waals surface area contributed by atoms with Crippen molar-refractivity contribution in [3.05, 3.63) is 18.2 Å². The van der Waals surface area contributed by atoms with Gasteiger partial charge in [-0.1, -0.05) is 0 Å². The Labute approximate surface area is 124 Å². The second-order valence-electron chi connectivity index (χ2n) is 5.53. The summed E-state index contributed by atoms with van der Waals surface area (Å²) in [6.07, 6.45) is 0. The lowest BCUT2D eigenvalue weighted by Crippen LogP contribution is -2.45. The summed E-state index contributed by atoms with van der Waals surface area (Å²) in [7, 11) is -2.41. The van der Waals surface area contributed by atoms with Crippen LogP contribution in [0, 0.1) is 0 Å². The Hall–Kier alpha value is -1.80. The molecule has 0 saturated carbocycles. The molecular formula is C13H21N3O4S. The fourth-order valence-corrected chi connectivity index (χ4v) is 2.56. The van der Waals surface area contributed by atoms with Crippen LogP contribution in [0.5, 0.6) is 5.75 Å². The molecular weight excluding hydrogens is 294 g/mol. The number of sulfonamides is 1. The van der Waals surface area contributed by atoms with Gasteiger partial charge < -0.3 is 15.8 Å². The molecule has 0 radical (unpaired) electrons. The zero-order valence-electron chi connectivity index (χ0n) is 12.6. The molecule has 0 aliphatic carbocycles. The van der Waals surface area contributed by atoms with Gasteiger partial charge in [0.1, 0.15) is 5.75 Å². The SMILES string of the molecule is COc1cc(S(=O)(=O)NCC(=O)NC(C)(C)C)ccc1N. The molecule has 8 heteroatoms. The van der Waals surface area contributed by atoms with Crippen LogP contribution in [0.1, 0.15) is 20.8 Å². The molecule has 0 spiro atoms. The van der Waals surface area contributed by atoms with Crippen molar-refractivity contribution in [2.24, 2.45) is 0 Å². The molecule has 1 amide bonds. The third kappa shape index (κ3) is 5.24. The van der Waals surface area contributed by atoms with Gasteiger partial charge in [0.25, 0.3) is 0 Å². The van der Waals surface area contributed by atoms with Crippen molar-refractivity contribution in [2.45, 2.75) is 31.2 Å². The molecule has 0 unspecified atom stereocenters. The first kappa shape index (κ1) is 17.3. The molecule has 0 bridgehead atoms. The van der Waals surface area contributed by atoms with E-state index in [0.717, 1.165) is 0 Å². The average Bonchev–Trinajstić information content (AvgIpc) is 2.35. The number of nitrogens with one attached hydrogen (secondary N) is 2. The number of hydrogen-bond acceptors (Lipinski definition) is 5. The van der Waals surface area contributed by atoms with Gasteiger partial charge in [-0.2, -0.15) is 0 Å². The maximum absolute atomic E-state index is 12.1. The molecule has 4 N–H and O–H groups in total. The number of amides is 1. The van der Waals surface area contributed by atoms with E-state index in [1.54, 1.807) is 0 Å². The van der Waals surface area contributed by atoms with Crippen LogP contribution in [0.3, 0.4) is 0 Å². The summed E-state index contributed by atoms with van der Waals surface area (Å²) in [4.78, 5) is 11.6. The molecule has 1 rings (SSSR count). The van der Waals surface area contributed by atoms with Crippen molar-refractivity contribution in [2.75, 3.05) is 19.4 Å². The molecule has 0 heterocycles. The molecule has 118 valence electrons. The van der Waals surface area contributed by atoms with Crippen LogP contribution in [0.2, 0.25) is 0 Å². The van der Waals surface area contributed by atoms with Crippen LogP contribution in [0.25, 0.3) is 0 Å². The molecule has 0 atom stereocenters. The number of carbonyl (C=O) groups excluding carboxylic acids is 1. The van der Waals surface area contributed by atoms with Gasteiger partial charge in [0, 0.05) is 11.6 Å². The van der Waals surface area contributed by atoms with Gasteiger partial charge in [-0.15, -0.1) is 0 Å². The maximum atomic E-state index is 12.1. The van der Waals surface area contributed by atoms with Crippen molar-refractivity contribution < 1.29 is 17.9 Å². The molecule has 1 aromatic rings.